The molecule has 0 unspecified atom stereocenters. The fourth-order valence-corrected chi connectivity index (χ4v) is 3.64. The van der Waals surface area contributed by atoms with Gasteiger partial charge in [0, 0.05) is 11.0 Å². The number of rotatable bonds is 6. The van der Waals surface area contributed by atoms with Gasteiger partial charge < -0.3 is 5.32 Å². The average Bonchev–Trinajstić information content (AvgIpc) is 2.24. The quantitative estimate of drug-likeness (QED) is 0.766. The fourth-order valence-electron chi connectivity index (χ4n) is 1.37. The molecule has 18 heavy (non-hydrogen) atoms. The summed E-state index contributed by atoms with van der Waals surface area (Å²) in [6, 6.07) is 5.19. The molecule has 0 bridgehead atoms. The van der Waals surface area contributed by atoms with Crippen LogP contribution in [0.1, 0.15) is 12.0 Å². The molecule has 0 heterocycles. The topological polar surface area (TPSA) is 58.2 Å². The first-order chi connectivity index (χ1) is 7.97. The molecule has 4 nitrogen and oxygen atoms in total. The molecule has 0 saturated carbocycles. The van der Waals surface area contributed by atoms with Gasteiger partial charge in [-0.3, -0.25) is 0 Å². The molecule has 104 valence electrons. The second-order valence-electron chi connectivity index (χ2n) is 3.79. The summed E-state index contributed by atoms with van der Waals surface area (Å²) >= 11 is 3.27. The Balaban J connectivity index is 0.00000289. The minimum atomic E-state index is -3.41. The molecule has 1 aromatic rings. The maximum Gasteiger partial charge on any atom is 0.241 e. The standard InChI is InChI=1S/C11H17BrN2O2S.ClH/c1-9-4-5-11(10(12)8-9)17(15,16)14-7-3-6-13-2;/h4-5,8,13-14H,3,6-7H2,1-2H3;1H. The maximum absolute atomic E-state index is 12.0. The van der Waals surface area contributed by atoms with Gasteiger partial charge in [-0.25, -0.2) is 13.1 Å². The number of nitrogens with one attached hydrogen (secondary N) is 2. The van der Waals surface area contributed by atoms with E-state index >= 15 is 0 Å². The molecule has 0 radical (unpaired) electrons. The Morgan fingerprint density at radius 3 is 2.50 bits per heavy atom. The summed E-state index contributed by atoms with van der Waals surface area (Å²) in [6.45, 7) is 3.14. The Kier molecular flexibility index (Phi) is 8.05. The average molecular weight is 358 g/mol. The predicted molar refractivity (Wildman–Crippen MR) is 79.9 cm³/mol. The molecule has 0 aliphatic carbocycles. The first kappa shape index (κ1) is 17.9. The van der Waals surface area contributed by atoms with E-state index in [2.05, 4.69) is 26.0 Å². The Bertz CT molecular complexity index is 480. The van der Waals surface area contributed by atoms with E-state index in [0.29, 0.717) is 11.0 Å². The zero-order chi connectivity index (χ0) is 12.9. The van der Waals surface area contributed by atoms with E-state index in [1.54, 1.807) is 18.2 Å². The van der Waals surface area contributed by atoms with Crippen molar-refractivity contribution in [2.75, 3.05) is 20.1 Å². The molecule has 1 aromatic carbocycles. The van der Waals surface area contributed by atoms with Gasteiger partial charge in [-0.2, -0.15) is 0 Å². The zero-order valence-electron chi connectivity index (χ0n) is 10.4. The third-order valence-electron chi connectivity index (χ3n) is 2.27. The van der Waals surface area contributed by atoms with Crippen LogP contribution in [-0.2, 0) is 10.0 Å². The van der Waals surface area contributed by atoms with E-state index in [1.807, 2.05) is 14.0 Å². The van der Waals surface area contributed by atoms with Crippen LogP contribution in [0.3, 0.4) is 0 Å². The first-order valence-corrected chi connectivity index (χ1v) is 7.65. The van der Waals surface area contributed by atoms with Crippen molar-refractivity contribution in [3.63, 3.8) is 0 Å². The molecule has 2 N–H and O–H groups in total. The molecular formula is C11H18BrClN2O2S. The van der Waals surface area contributed by atoms with Crippen LogP contribution in [0, 0.1) is 6.92 Å². The van der Waals surface area contributed by atoms with Gasteiger partial charge in [-0.1, -0.05) is 6.07 Å². The van der Waals surface area contributed by atoms with Gasteiger partial charge in [0.1, 0.15) is 0 Å². The minimum Gasteiger partial charge on any atom is -0.320 e. The summed E-state index contributed by atoms with van der Waals surface area (Å²) in [6.07, 6.45) is 0.763. The van der Waals surface area contributed by atoms with E-state index in [9.17, 15) is 8.42 Å². The number of halogens is 2. The van der Waals surface area contributed by atoms with E-state index in [1.165, 1.54) is 0 Å². The SMILES string of the molecule is CNCCCNS(=O)(=O)c1ccc(C)cc1Br.Cl. The van der Waals surface area contributed by atoms with Crippen molar-refractivity contribution >= 4 is 38.4 Å². The zero-order valence-corrected chi connectivity index (χ0v) is 13.6. The largest absolute Gasteiger partial charge is 0.320 e. The highest BCUT2D eigenvalue weighted by molar-refractivity contribution is 9.10. The van der Waals surface area contributed by atoms with Crippen molar-refractivity contribution in [1.29, 1.82) is 0 Å². The lowest BCUT2D eigenvalue weighted by molar-refractivity contribution is 0.576. The molecule has 0 spiro atoms. The number of aryl methyl sites for hydroxylation is 1. The van der Waals surface area contributed by atoms with Crippen LogP contribution in [0.15, 0.2) is 27.6 Å². The summed E-state index contributed by atoms with van der Waals surface area (Å²) in [5.41, 5.74) is 1.02. The second kappa shape index (κ2) is 8.12. The lowest BCUT2D eigenvalue weighted by Crippen LogP contribution is -2.27. The maximum atomic E-state index is 12.0. The molecule has 1 rings (SSSR count). The van der Waals surface area contributed by atoms with Crippen molar-refractivity contribution < 1.29 is 8.42 Å². The van der Waals surface area contributed by atoms with Crippen LogP contribution in [0.2, 0.25) is 0 Å². The third kappa shape index (κ3) is 5.24. The van der Waals surface area contributed by atoms with Gasteiger partial charge in [-0.05, 0) is 60.6 Å². The van der Waals surface area contributed by atoms with Gasteiger partial charge in [0.15, 0.2) is 0 Å². The number of hydrogen-bond acceptors (Lipinski definition) is 3. The Hall–Kier alpha value is -0.140. The lowest BCUT2D eigenvalue weighted by atomic mass is 10.2. The number of hydrogen-bond donors (Lipinski definition) is 2. The monoisotopic (exact) mass is 356 g/mol. The van der Waals surface area contributed by atoms with E-state index in [4.69, 9.17) is 0 Å². The Labute approximate surface area is 123 Å². The molecule has 7 heteroatoms. The van der Waals surface area contributed by atoms with Crippen molar-refractivity contribution in [3.05, 3.63) is 28.2 Å². The van der Waals surface area contributed by atoms with Crippen LogP contribution in [0.4, 0.5) is 0 Å². The van der Waals surface area contributed by atoms with Gasteiger partial charge in [0.05, 0.1) is 4.90 Å². The predicted octanol–water partition coefficient (Wildman–Crippen LogP) is 2.07. The van der Waals surface area contributed by atoms with Crippen LogP contribution < -0.4 is 10.0 Å². The first-order valence-electron chi connectivity index (χ1n) is 5.38. The Morgan fingerprint density at radius 1 is 1.28 bits per heavy atom. The van der Waals surface area contributed by atoms with Gasteiger partial charge >= 0.3 is 0 Å². The summed E-state index contributed by atoms with van der Waals surface area (Å²) in [5, 5.41) is 2.97. The molecule has 0 amide bonds. The van der Waals surface area contributed by atoms with Gasteiger partial charge in [-0.15, -0.1) is 12.4 Å². The lowest BCUT2D eigenvalue weighted by Gasteiger charge is -2.08. The van der Waals surface area contributed by atoms with Crippen LogP contribution >= 0.6 is 28.3 Å². The summed E-state index contributed by atoms with van der Waals surface area (Å²) < 4.78 is 27.1. The fraction of sp³-hybridized carbons (Fsp3) is 0.455. The highest BCUT2D eigenvalue weighted by atomic mass is 79.9. The van der Waals surface area contributed by atoms with Crippen LogP contribution in [0.25, 0.3) is 0 Å². The van der Waals surface area contributed by atoms with Gasteiger partial charge in [0.25, 0.3) is 0 Å². The molecule has 0 aliphatic rings. The summed E-state index contributed by atoms with van der Waals surface area (Å²) in [5.74, 6) is 0. The van der Waals surface area contributed by atoms with E-state index < -0.39 is 10.0 Å². The second-order valence-corrected chi connectivity index (χ2v) is 6.38. The van der Waals surface area contributed by atoms with E-state index in [-0.39, 0.29) is 17.3 Å². The van der Waals surface area contributed by atoms with Crippen molar-refractivity contribution in [2.24, 2.45) is 0 Å². The van der Waals surface area contributed by atoms with Gasteiger partial charge in [0.2, 0.25) is 10.0 Å². The Morgan fingerprint density at radius 2 is 1.94 bits per heavy atom. The van der Waals surface area contributed by atoms with E-state index in [0.717, 1.165) is 18.5 Å². The van der Waals surface area contributed by atoms with Crippen molar-refractivity contribution in [3.8, 4) is 0 Å². The smallest absolute Gasteiger partial charge is 0.241 e. The highest BCUT2D eigenvalue weighted by Crippen LogP contribution is 2.22. The summed E-state index contributed by atoms with van der Waals surface area (Å²) in [4.78, 5) is 0.285. The minimum absolute atomic E-state index is 0. The number of benzene rings is 1. The molecule has 0 atom stereocenters. The van der Waals surface area contributed by atoms with Crippen LogP contribution in [0.5, 0.6) is 0 Å². The normalized spacial score (nSPS) is 11.1. The summed E-state index contributed by atoms with van der Waals surface area (Å²) in [7, 11) is -1.57. The molecule has 0 aliphatic heterocycles. The number of sulfonamides is 1. The highest BCUT2D eigenvalue weighted by Gasteiger charge is 2.16. The molecule has 0 saturated heterocycles. The molecular weight excluding hydrogens is 340 g/mol. The third-order valence-corrected chi connectivity index (χ3v) is 4.71. The van der Waals surface area contributed by atoms with Crippen molar-refractivity contribution in [2.45, 2.75) is 18.2 Å². The molecule has 0 aromatic heterocycles. The molecule has 0 fully saturated rings. The van der Waals surface area contributed by atoms with Crippen LogP contribution in [-0.4, -0.2) is 28.6 Å². The van der Waals surface area contributed by atoms with Crippen molar-refractivity contribution in [1.82, 2.24) is 10.0 Å².